The first kappa shape index (κ1) is 30.4. The molecule has 0 radical (unpaired) electrons. The lowest BCUT2D eigenvalue weighted by molar-refractivity contribution is -0.111. The van der Waals surface area contributed by atoms with Gasteiger partial charge in [-0.2, -0.15) is 8.78 Å². The molecule has 0 aliphatic rings. The highest BCUT2D eigenvalue weighted by atomic mass is 32.2. The van der Waals surface area contributed by atoms with E-state index in [0.717, 1.165) is 35.7 Å². The molecule has 2 aromatic rings. The number of fused-ring (bicyclic) bond motifs is 1. The fourth-order valence-corrected chi connectivity index (χ4v) is 6.35. The van der Waals surface area contributed by atoms with E-state index >= 15 is 8.78 Å². The zero-order chi connectivity index (χ0) is 26.8. The van der Waals surface area contributed by atoms with E-state index in [0.29, 0.717) is 31.1 Å². The van der Waals surface area contributed by atoms with Crippen LogP contribution in [0.15, 0.2) is 36.4 Å². The molecule has 7 nitrogen and oxygen atoms in total. The van der Waals surface area contributed by atoms with Crippen LogP contribution in [0.2, 0.25) is 0 Å². The maximum atomic E-state index is 15.6. The summed E-state index contributed by atoms with van der Waals surface area (Å²) in [6.45, 7) is 2.85. The average molecular weight is 563 g/mol. The van der Waals surface area contributed by atoms with Crippen molar-refractivity contribution < 1.29 is 41.9 Å². The van der Waals surface area contributed by atoms with Gasteiger partial charge in [0.25, 0.3) is 0 Å². The van der Waals surface area contributed by atoms with E-state index in [4.69, 9.17) is 9.05 Å². The Morgan fingerprint density at radius 1 is 0.889 bits per heavy atom. The number of alkyl halides is 2. The van der Waals surface area contributed by atoms with Crippen LogP contribution in [-0.2, 0) is 28.9 Å². The summed E-state index contributed by atoms with van der Waals surface area (Å²) < 4.78 is 54.9. The molecule has 0 amide bonds. The van der Waals surface area contributed by atoms with Crippen LogP contribution < -0.4 is 0 Å². The predicted octanol–water partition coefficient (Wildman–Crippen LogP) is 6.93. The lowest BCUT2D eigenvalue weighted by Crippen LogP contribution is -2.20. The van der Waals surface area contributed by atoms with Gasteiger partial charge in [0.2, 0.25) is 0 Å². The number of aromatic carboxylic acids is 1. The number of carbonyl (C=O) groups excluding carboxylic acids is 2. The van der Waals surface area contributed by atoms with Crippen LogP contribution in [0, 0.1) is 0 Å². The smallest absolute Gasteiger partial charge is 0.404 e. The fraction of sp³-hybridized carbons (Fsp3) is 0.458. The number of carboxylic acid groups (broad SMARTS) is 1. The number of halogens is 2. The molecule has 0 bridgehead atoms. The Morgan fingerprint density at radius 3 is 1.92 bits per heavy atom. The van der Waals surface area contributed by atoms with Gasteiger partial charge in [-0.05, 0) is 41.8 Å². The molecule has 0 aliphatic carbocycles. The van der Waals surface area contributed by atoms with Crippen LogP contribution >= 0.6 is 31.1 Å². The second-order valence-electron chi connectivity index (χ2n) is 7.73. The molecule has 12 heteroatoms. The number of carbonyl (C=O) groups is 3. The lowest BCUT2D eigenvalue weighted by Gasteiger charge is -2.27. The minimum absolute atomic E-state index is 0.0195. The molecule has 0 saturated heterocycles. The molecule has 2 aromatic carbocycles. The summed E-state index contributed by atoms with van der Waals surface area (Å²) >= 11 is 1.80. The van der Waals surface area contributed by atoms with E-state index < -0.39 is 38.0 Å². The van der Waals surface area contributed by atoms with Gasteiger partial charge in [-0.15, -0.1) is 0 Å². The third-order valence-electron chi connectivity index (χ3n) is 4.90. The third-order valence-corrected chi connectivity index (χ3v) is 8.69. The van der Waals surface area contributed by atoms with Gasteiger partial charge in [0.1, 0.15) is 0 Å². The molecular formula is C24H29F2O7PS2. The molecule has 0 atom stereocenters. The standard InChI is InChI=1S/C24H29F2O7PS2/c1-3-5-21(27)35-13-11-32-34(31,33-12-14-36-22(28)6-4-2)24(25,26)20-10-9-17-7-8-18(23(29)30)15-19(17)16-20/h7-10,15-16H,3-6,11-14H2,1-2H3,(H,29,30). The van der Waals surface area contributed by atoms with E-state index in [1.54, 1.807) is 0 Å². The Bertz CT molecular complexity index is 1100. The first-order valence-corrected chi connectivity index (χ1v) is 14.9. The zero-order valence-corrected chi connectivity index (χ0v) is 22.6. The highest BCUT2D eigenvalue weighted by Gasteiger charge is 2.55. The SMILES string of the molecule is CCCC(=O)SCCOP(=O)(OCCSC(=O)CCC)C(F)(F)c1ccc2ccc(C(=O)O)cc2c1. The summed E-state index contributed by atoms with van der Waals surface area (Å²) in [6.07, 6.45) is 1.94. The van der Waals surface area contributed by atoms with Gasteiger partial charge in [-0.1, -0.05) is 55.6 Å². The van der Waals surface area contributed by atoms with Gasteiger partial charge in [0, 0.05) is 29.9 Å². The normalized spacial score (nSPS) is 12.1. The first-order chi connectivity index (χ1) is 17.0. The number of hydrogen-bond donors (Lipinski definition) is 1. The summed E-state index contributed by atoms with van der Waals surface area (Å²) in [7, 11) is -5.10. The molecule has 0 saturated carbocycles. The van der Waals surface area contributed by atoms with Crippen LogP contribution in [-0.4, -0.2) is 46.0 Å². The summed E-state index contributed by atoms with van der Waals surface area (Å²) in [6, 6.07) is 7.60. The van der Waals surface area contributed by atoms with E-state index in [1.165, 1.54) is 24.3 Å². The Kier molecular flexibility index (Phi) is 12.0. The van der Waals surface area contributed by atoms with Crippen molar-refractivity contribution in [2.75, 3.05) is 24.7 Å². The Balaban J connectivity index is 2.26. The molecular weight excluding hydrogens is 533 g/mol. The average Bonchev–Trinajstić information content (AvgIpc) is 2.84. The quantitative estimate of drug-likeness (QED) is 0.183. The van der Waals surface area contributed by atoms with Crippen molar-refractivity contribution in [1.29, 1.82) is 0 Å². The van der Waals surface area contributed by atoms with Crippen LogP contribution in [0.25, 0.3) is 10.8 Å². The highest BCUT2D eigenvalue weighted by molar-refractivity contribution is 8.13. The van der Waals surface area contributed by atoms with Gasteiger partial charge >= 0.3 is 19.2 Å². The highest BCUT2D eigenvalue weighted by Crippen LogP contribution is 2.67. The van der Waals surface area contributed by atoms with Crippen LogP contribution in [0.1, 0.15) is 55.5 Å². The molecule has 36 heavy (non-hydrogen) atoms. The Morgan fingerprint density at radius 2 is 1.42 bits per heavy atom. The summed E-state index contributed by atoms with van der Waals surface area (Å²) in [4.78, 5) is 34.7. The second-order valence-corrected chi connectivity index (χ2v) is 12.1. The third kappa shape index (κ3) is 8.38. The molecule has 2 rings (SSSR count). The van der Waals surface area contributed by atoms with Crippen LogP contribution in [0.4, 0.5) is 8.78 Å². The molecule has 1 N–H and O–H groups in total. The molecule has 0 aliphatic heterocycles. The number of benzene rings is 2. The number of hydrogen-bond acceptors (Lipinski definition) is 8. The van der Waals surface area contributed by atoms with Gasteiger partial charge in [0.15, 0.2) is 10.2 Å². The number of carboxylic acids is 1. The van der Waals surface area contributed by atoms with Crippen molar-refractivity contribution in [1.82, 2.24) is 0 Å². The first-order valence-electron chi connectivity index (χ1n) is 11.4. The largest absolute Gasteiger partial charge is 0.478 e. The fourth-order valence-electron chi connectivity index (χ4n) is 3.10. The van der Waals surface area contributed by atoms with Crippen molar-refractivity contribution in [3.8, 4) is 0 Å². The monoisotopic (exact) mass is 562 g/mol. The molecule has 0 spiro atoms. The Hall–Kier alpha value is -1.78. The van der Waals surface area contributed by atoms with Crippen molar-refractivity contribution >= 4 is 58.1 Å². The van der Waals surface area contributed by atoms with Gasteiger partial charge < -0.3 is 14.2 Å². The van der Waals surface area contributed by atoms with Crippen molar-refractivity contribution in [2.45, 2.75) is 45.2 Å². The van der Waals surface area contributed by atoms with Crippen molar-refractivity contribution in [2.24, 2.45) is 0 Å². The molecule has 0 fully saturated rings. The van der Waals surface area contributed by atoms with Crippen molar-refractivity contribution in [3.63, 3.8) is 0 Å². The molecule has 198 valence electrons. The summed E-state index contributed by atoms with van der Waals surface area (Å²) in [5.41, 5.74) is -4.82. The molecule has 0 unspecified atom stereocenters. The van der Waals surface area contributed by atoms with Crippen LogP contribution in [0.5, 0.6) is 0 Å². The van der Waals surface area contributed by atoms with Gasteiger partial charge in [-0.25, -0.2) is 4.79 Å². The zero-order valence-electron chi connectivity index (χ0n) is 20.0. The maximum absolute atomic E-state index is 15.6. The van der Waals surface area contributed by atoms with Crippen molar-refractivity contribution in [3.05, 3.63) is 47.5 Å². The van der Waals surface area contributed by atoms with Crippen LogP contribution in [0.3, 0.4) is 0 Å². The predicted molar refractivity (Wildman–Crippen MR) is 139 cm³/mol. The molecule has 0 heterocycles. The minimum Gasteiger partial charge on any atom is -0.478 e. The van der Waals surface area contributed by atoms with E-state index in [9.17, 15) is 24.1 Å². The van der Waals surface area contributed by atoms with Gasteiger partial charge in [-0.3, -0.25) is 14.2 Å². The lowest BCUT2D eigenvalue weighted by atomic mass is 10.0. The topological polar surface area (TPSA) is 107 Å². The second kappa shape index (κ2) is 14.2. The van der Waals surface area contributed by atoms with E-state index in [2.05, 4.69) is 0 Å². The summed E-state index contributed by atoms with van der Waals surface area (Å²) in [5, 5.41) is 9.69. The van der Waals surface area contributed by atoms with Gasteiger partial charge in [0.05, 0.1) is 18.8 Å². The summed E-state index contributed by atoms with van der Waals surface area (Å²) in [5.74, 6) is -1.17. The molecule has 0 aromatic heterocycles. The number of rotatable bonds is 15. The maximum Gasteiger partial charge on any atom is 0.404 e. The van der Waals surface area contributed by atoms with E-state index in [1.807, 2.05) is 13.8 Å². The Labute approximate surface area is 217 Å². The number of thioether (sulfide) groups is 2. The van der Waals surface area contributed by atoms with E-state index in [-0.39, 0.29) is 32.7 Å². The minimum atomic E-state index is -5.10.